The van der Waals surface area contributed by atoms with Crippen LogP contribution in [0.2, 0.25) is 10.0 Å². The van der Waals surface area contributed by atoms with Gasteiger partial charge < -0.3 is 9.84 Å². The van der Waals surface area contributed by atoms with Crippen LogP contribution in [-0.4, -0.2) is 26.5 Å². The van der Waals surface area contributed by atoms with Crippen LogP contribution in [-0.2, 0) is 13.5 Å². The lowest BCUT2D eigenvalue weighted by atomic mass is 10.2. The highest BCUT2D eigenvalue weighted by molar-refractivity contribution is 6.32. The van der Waals surface area contributed by atoms with Crippen LogP contribution in [0.5, 0.6) is 0 Å². The summed E-state index contributed by atoms with van der Waals surface area (Å²) in [5.74, 6) is 0.968. The predicted molar refractivity (Wildman–Crippen MR) is 91.4 cm³/mol. The van der Waals surface area contributed by atoms with Crippen LogP contribution in [0.1, 0.15) is 5.89 Å². The van der Waals surface area contributed by atoms with Gasteiger partial charge in [-0.25, -0.2) is 4.68 Å². The second-order valence-electron chi connectivity index (χ2n) is 5.00. The number of anilines is 1. The Balaban J connectivity index is 1.63. The van der Waals surface area contributed by atoms with Gasteiger partial charge in [0.2, 0.25) is 11.7 Å². The zero-order valence-electron chi connectivity index (χ0n) is 12.7. The maximum atomic E-state index is 11.7. The Morgan fingerprint density at radius 3 is 2.75 bits per heavy atom. The van der Waals surface area contributed by atoms with Crippen molar-refractivity contribution in [3.8, 4) is 11.4 Å². The predicted octanol–water partition coefficient (Wildman–Crippen LogP) is 2.79. The van der Waals surface area contributed by atoms with E-state index < -0.39 is 0 Å². The van der Waals surface area contributed by atoms with Crippen LogP contribution in [0.3, 0.4) is 0 Å². The molecule has 0 fully saturated rings. The van der Waals surface area contributed by atoms with Gasteiger partial charge in [-0.1, -0.05) is 28.4 Å². The highest BCUT2D eigenvalue weighted by atomic mass is 35.5. The van der Waals surface area contributed by atoms with E-state index in [-0.39, 0.29) is 10.6 Å². The van der Waals surface area contributed by atoms with E-state index >= 15 is 0 Å². The summed E-state index contributed by atoms with van der Waals surface area (Å²) < 4.78 is 6.38. The van der Waals surface area contributed by atoms with Crippen LogP contribution in [0, 0.1) is 0 Å². The van der Waals surface area contributed by atoms with Crippen molar-refractivity contribution in [1.29, 1.82) is 0 Å². The van der Waals surface area contributed by atoms with E-state index in [9.17, 15) is 4.79 Å². The summed E-state index contributed by atoms with van der Waals surface area (Å²) in [6, 6.07) is 7.17. The van der Waals surface area contributed by atoms with Crippen LogP contribution in [0.4, 0.5) is 5.69 Å². The SMILES string of the molecule is Cn1ncc(NCCc2nc(-c3ccc(Cl)cc3)no2)c(Cl)c1=O. The number of nitrogens with zero attached hydrogens (tertiary/aromatic N) is 4. The molecule has 2 heterocycles. The monoisotopic (exact) mass is 365 g/mol. The average molecular weight is 366 g/mol. The number of nitrogens with one attached hydrogen (secondary N) is 1. The Morgan fingerprint density at radius 2 is 2.00 bits per heavy atom. The van der Waals surface area contributed by atoms with E-state index in [1.165, 1.54) is 17.9 Å². The maximum absolute atomic E-state index is 11.7. The molecular weight excluding hydrogens is 353 g/mol. The fraction of sp³-hybridized carbons (Fsp3) is 0.200. The Labute approximate surface area is 147 Å². The van der Waals surface area contributed by atoms with Crippen LogP contribution < -0.4 is 10.9 Å². The number of aryl methyl sites for hydroxylation is 1. The van der Waals surface area contributed by atoms with Crippen LogP contribution in [0.25, 0.3) is 11.4 Å². The third-order valence-electron chi connectivity index (χ3n) is 3.30. The van der Waals surface area contributed by atoms with E-state index in [1.807, 2.05) is 12.1 Å². The zero-order valence-corrected chi connectivity index (χ0v) is 14.2. The van der Waals surface area contributed by atoms with Crippen molar-refractivity contribution in [2.24, 2.45) is 7.05 Å². The van der Waals surface area contributed by atoms with Crippen LogP contribution in [0.15, 0.2) is 39.8 Å². The van der Waals surface area contributed by atoms with E-state index in [0.29, 0.717) is 35.4 Å². The number of hydrogen-bond donors (Lipinski definition) is 1. The average Bonchev–Trinajstić information content (AvgIpc) is 3.04. The molecule has 0 aliphatic rings. The smallest absolute Gasteiger partial charge is 0.287 e. The van der Waals surface area contributed by atoms with Gasteiger partial charge in [-0.05, 0) is 24.3 Å². The molecule has 1 aromatic carbocycles. The highest BCUT2D eigenvalue weighted by Gasteiger charge is 2.10. The molecule has 7 nitrogen and oxygen atoms in total. The number of rotatable bonds is 5. The standard InChI is InChI=1S/C15H13Cl2N5O2/c1-22-15(23)13(17)11(8-19-22)18-7-6-12-20-14(21-24-12)9-2-4-10(16)5-3-9/h2-5,8,18H,6-7H2,1H3. The first kappa shape index (κ1) is 16.5. The third-order valence-corrected chi connectivity index (χ3v) is 3.92. The van der Waals surface area contributed by atoms with Crippen molar-refractivity contribution < 1.29 is 4.52 Å². The van der Waals surface area contributed by atoms with Gasteiger partial charge in [-0.15, -0.1) is 0 Å². The first-order valence-corrected chi connectivity index (χ1v) is 7.84. The molecule has 0 aliphatic carbocycles. The molecule has 0 aliphatic heterocycles. The Hall–Kier alpha value is -2.38. The minimum Gasteiger partial charge on any atom is -0.382 e. The molecule has 124 valence electrons. The Kier molecular flexibility index (Phi) is 4.82. The van der Waals surface area contributed by atoms with Gasteiger partial charge in [0.15, 0.2) is 0 Å². The quantitative estimate of drug-likeness (QED) is 0.747. The third kappa shape index (κ3) is 3.58. The van der Waals surface area contributed by atoms with Crippen molar-refractivity contribution in [2.75, 3.05) is 11.9 Å². The lowest BCUT2D eigenvalue weighted by molar-refractivity contribution is 0.381. The van der Waals surface area contributed by atoms with E-state index in [2.05, 4.69) is 20.6 Å². The summed E-state index contributed by atoms with van der Waals surface area (Å²) in [4.78, 5) is 16.0. The molecule has 9 heteroatoms. The Bertz CT molecular complexity index is 905. The topological polar surface area (TPSA) is 85.8 Å². The fourth-order valence-corrected chi connectivity index (χ4v) is 2.37. The van der Waals surface area contributed by atoms with Gasteiger partial charge in [-0.2, -0.15) is 10.1 Å². The zero-order chi connectivity index (χ0) is 17.1. The summed E-state index contributed by atoms with van der Waals surface area (Å²) in [7, 11) is 1.54. The summed E-state index contributed by atoms with van der Waals surface area (Å²) in [6.45, 7) is 0.469. The molecule has 0 unspecified atom stereocenters. The maximum Gasteiger partial charge on any atom is 0.287 e. The summed E-state index contributed by atoms with van der Waals surface area (Å²) >= 11 is 11.8. The first-order chi connectivity index (χ1) is 11.5. The molecule has 1 N–H and O–H groups in total. The van der Waals surface area contributed by atoms with E-state index in [1.54, 1.807) is 12.1 Å². The molecule has 0 spiro atoms. The molecule has 0 amide bonds. The van der Waals surface area contributed by atoms with Gasteiger partial charge in [-0.3, -0.25) is 4.79 Å². The molecule has 3 aromatic rings. The molecule has 24 heavy (non-hydrogen) atoms. The normalized spacial score (nSPS) is 10.8. The number of benzene rings is 1. The summed E-state index contributed by atoms with van der Waals surface area (Å²) in [6.07, 6.45) is 1.98. The van der Waals surface area contributed by atoms with Gasteiger partial charge in [0, 0.05) is 30.6 Å². The minimum atomic E-state index is -0.357. The van der Waals surface area contributed by atoms with Crippen LogP contribution >= 0.6 is 23.2 Å². The van der Waals surface area contributed by atoms with Crippen molar-refractivity contribution in [1.82, 2.24) is 19.9 Å². The van der Waals surface area contributed by atoms with Crippen molar-refractivity contribution in [2.45, 2.75) is 6.42 Å². The van der Waals surface area contributed by atoms with Gasteiger partial charge in [0.25, 0.3) is 5.56 Å². The molecule has 3 rings (SSSR count). The van der Waals surface area contributed by atoms with E-state index in [4.69, 9.17) is 27.7 Å². The molecule has 0 atom stereocenters. The Morgan fingerprint density at radius 1 is 1.25 bits per heavy atom. The lowest BCUT2D eigenvalue weighted by Gasteiger charge is -2.06. The summed E-state index contributed by atoms with van der Waals surface area (Å²) in [5, 5.41) is 11.6. The molecule has 0 radical (unpaired) electrons. The van der Waals surface area contributed by atoms with Gasteiger partial charge in [0.05, 0.1) is 11.9 Å². The van der Waals surface area contributed by atoms with Crippen molar-refractivity contribution >= 4 is 28.9 Å². The molecule has 0 saturated carbocycles. The number of aromatic nitrogens is 4. The largest absolute Gasteiger partial charge is 0.382 e. The van der Waals surface area contributed by atoms with Gasteiger partial charge in [0.1, 0.15) is 5.02 Å². The second kappa shape index (κ2) is 7.02. The van der Waals surface area contributed by atoms with E-state index in [0.717, 1.165) is 5.56 Å². The summed E-state index contributed by atoms with van der Waals surface area (Å²) in [5.41, 5.74) is 0.933. The molecular formula is C15H13Cl2N5O2. The first-order valence-electron chi connectivity index (χ1n) is 7.09. The number of hydrogen-bond acceptors (Lipinski definition) is 6. The van der Waals surface area contributed by atoms with Gasteiger partial charge >= 0.3 is 0 Å². The minimum absolute atomic E-state index is 0.0971. The molecule has 0 bridgehead atoms. The van der Waals surface area contributed by atoms with Crippen molar-refractivity contribution in [3.05, 3.63) is 56.8 Å². The van der Waals surface area contributed by atoms with Crippen molar-refractivity contribution in [3.63, 3.8) is 0 Å². The molecule has 2 aromatic heterocycles. The fourth-order valence-electron chi connectivity index (χ4n) is 2.01. The second-order valence-corrected chi connectivity index (χ2v) is 5.81. The highest BCUT2D eigenvalue weighted by Crippen LogP contribution is 2.19. The lowest BCUT2D eigenvalue weighted by Crippen LogP contribution is -2.21. The molecule has 0 saturated heterocycles. The number of halogens is 2.